The number of hydrogen-bond donors (Lipinski definition) is 0. The minimum atomic E-state index is 0.584. The normalized spacial score (nSPS) is 11.6. The van der Waals surface area contributed by atoms with Crippen molar-refractivity contribution < 1.29 is 0 Å². The summed E-state index contributed by atoms with van der Waals surface area (Å²) in [5, 5.41) is 17.6. The molecule has 0 radical (unpaired) electrons. The van der Waals surface area contributed by atoms with Gasteiger partial charge in [-0.05, 0) is 72.1 Å². The zero-order valence-electron chi connectivity index (χ0n) is 29.5. The van der Waals surface area contributed by atoms with E-state index in [1.165, 1.54) is 27.2 Å². The van der Waals surface area contributed by atoms with Crippen LogP contribution in [0.2, 0.25) is 0 Å². The molecule has 11 rings (SSSR count). The molecule has 3 heterocycles. The predicted octanol–water partition coefficient (Wildman–Crippen LogP) is 13.1. The molecular weight excluding hydrogens is 671 g/mol. The Balaban J connectivity index is 1.14. The molecule has 0 N–H and O–H groups in total. The van der Waals surface area contributed by atoms with Crippen LogP contribution in [0.25, 0.3) is 98.5 Å². The maximum atomic E-state index is 10.8. The van der Waals surface area contributed by atoms with Crippen molar-refractivity contribution in [3.8, 4) is 34.3 Å². The van der Waals surface area contributed by atoms with Gasteiger partial charge in [-0.3, -0.25) is 0 Å². The van der Waals surface area contributed by atoms with Crippen molar-refractivity contribution in [1.82, 2.24) is 13.7 Å². The Labute approximate surface area is 316 Å². The molecule has 0 atom stereocenters. The summed E-state index contributed by atoms with van der Waals surface area (Å²) in [5.41, 5.74) is 12.6. The lowest BCUT2D eigenvalue weighted by atomic mass is 9.97. The SMILES string of the molecule is [C-]#[N+]c1ccc2c(c1)c1ccccc1n2-c1ccc(-c2ccccc2-n2c3ccccc3c3c(-n4c5ccccc5c5ccccc54)cccc32)c(C#N)c1. The zero-order valence-corrected chi connectivity index (χ0v) is 29.5. The number of nitriles is 1. The topological polar surface area (TPSA) is 42.9 Å². The number of aromatic nitrogens is 3. The molecule has 254 valence electrons. The Morgan fingerprint density at radius 2 is 0.945 bits per heavy atom. The van der Waals surface area contributed by atoms with Crippen LogP contribution in [0.1, 0.15) is 5.56 Å². The van der Waals surface area contributed by atoms with Gasteiger partial charge in [-0.25, -0.2) is 4.85 Å². The van der Waals surface area contributed by atoms with E-state index in [4.69, 9.17) is 6.57 Å². The van der Waals surface area contributed by atoms with E-state index < -0.39 is 0 Å². The predicted molar refractivity (Wildman–Crippen MR) is 226 cm³/mol. The smallest absolute Gasteiger partial charge is 0.188 e. The summed E-state index contributed by atoms with van der Waals surface area (Å²) in [6.45, 7) is 7.60. The van der Waals surface area contributed by atoms with E-state index >= 15 is 0 Å². The monoisotopic (exact) mass is 699 g/mol. The quantitative estimate of drug-likeness (QED) is 0.169. The minimum absolute atomic E-state index is 0.584. The van der Waals surface area contributed by atoms with Gasteiger partial charge in [0.2, 0.25) is 0 Å². The molecule has 5 heteroatoms. The van der Waals surface area contributed by atoms with Crippen molar-refractivity contribution in [2.24, 2.45) is 0 Å². The first kappa shape index (κ1) is 30.7. The van der Waals surface area contributed by atoms with Crippen LogP contribution >= 0.6 is 0 Å². The van der Waals surface area contributed by atoms with Gasteiger partial charge in [-0.2, -0.15) is 5.26 Å². The Kier molecular flexibility index (Phi) is 6.61. The highest BCUT2D eigenvalue weighted by atomic mass is 15.0. The summed E-state index contributed by atoms with van der Waals surface area (Å²) in [5.74, 6) is 0. The van der Waals surface area contributed by atoms with Gasteiger partial charge in [-0.1, -0.05) is 109 Å². The molecule has 0 fully saturated rings. The lowest BCUT2D eigenvalue weighted by molar-refractivity contribution is 1.16. The second kappa shape index (κ2) is 11.8. The average molecular weight is 700 g/mol. The number of nitrogens with zero attached hydrogens (tertiary/aromatic N) is 5. The second-order valence-corrected chi connectivity index (χ2v) is 13.9. The Bertz CT molecular complexity index is 3420. The molecule has 0 bridgehead atoms. The van der Waals surface area contributed by atoms with Crippen LogP contribution in [-0.4, -0.2) is 13.7 Å². The number of fused-ring (bicyclic) bond motifs is 9. The third-order valence-electron chi connectivity index (χ3n) is 11.1. The highest BCUT2D eigenvalue weighted by Crippen LogP contribution is 2.42. The fourth-order valence-electron chi connectivity index (χ4n) is 8.83. The molecule has 3 aromatic heterocycles. The molecule has 55 heavy (non-hydrogen) atoms. The molecule has 0 aliphatic rings. The summed E-state index contributed by atoms with van der Waals surface area (Å²) in [6.07, 6.45) is 0. The van der Waals surface area contributed by atoms with Crippen molar-refractivity contribution in [1.29, 1.82) is 5.26 Å². The van der Waals surface area contributed by atoms with Crippen molar-refractivity contribution in [2.75, 3.05) is 0 Å². The molecule has 8 aromatic carbocycles. The van der Waals surface area contributed by atoms with Gasteiger partial charge in [0, 0.05) is 43.7 Å². The summed E-state index contributed by atoms with van der Waals surface area (Å²) < 4.78 is 6.95. The Hall–Kier alpha value is -7.86. The van der Waals surface area contributed by atoms with Crippen LogP contribution in [0.15, 0.2) is 176 Å². The highest BCUT2D eigenvalue weighted by molar-refractivity contribution is 6.17. The number of rotatable bonds is 4. The maximum absolute atomic E-state index is 10.8. The summed E-state index contributed by atoms with van der Waals surface area (Å²) in [4.78, 5) is 3.69. The average Bonchev–Trinajstić information content (AvgIpc) is 3.89. The highest BCUT2D eigenvalue weighted by Gasteiger charge is 2.22. The van der Waals surface area contributed by atoms with Crippen LogP contribution in [0.4, 0.5) is 5.69 Å². The van der Waals surface area contributed by atoms with E-state index in [1.807, 2.05) is 42.5 Å². The first-order chi connectivity index (χ1) is 27.2. The third-order valence-corrected chi connectivity index (χ3v) is 11.1. The molecule has 0 unspecified atom stereocenters. The van der Waals surface area contributed by atoms with Crippen LogP contribution in [0.3, 0.4) is 0 Å². The molecule has 0 saturated carbocycles. The van der Waals surface area contributed by atoms with Crippen molar-refractivity contribution in [3.05, 3.63) is 193 Å². The van der Waals surface area contributed by atoms with Gasteiger partial charge in [0.05, 0.1) is 62.7 Å². The van der Waals surface area contributed by atoms with E-state index in [-0.39, 0.29) is 0 Å². The van der Waals surface area contributed by atoms with Crippen molar-refractivity contribution in [3.63, 3.8) is 0 Å². The maximum Gasteiger partial charge on any atom is 0.188 e. The molecule has 5 nitrogen and oxygen atoms in total. The molecule has 11 aromatic rings. The van der Waals surface area contributed by atoms with Gasteiger partial charge >= 0.3 is 0 Å². The van der Waals surface area contributed by atoms with Crippen LogP contribution in [-0.2, 0) is 0 Å². The molecular formula is C50H29N5. The summed E-state index contributed by atoms with van der Waals surface area (Å²) in [7, 11) is 0. The lowest BCUT2D eigenvalue weighted by Gasteiger charge is -2.16. The fourth-order valence-corrected chi connectivity index (χ4v) is 8.83. The first-order valence-corrected chi connectivity index (χ1v) is 18.3. The van der Waals surface area contributed by atoms with E-state index in [0.717, 1.165) is 66.4 Å². The van der Waals surface area contributed by atoms with Gasteiger partial charge in [0.15, 0.2) is 5.69 Å². The minimum Gasteiger partial charge on any atom is -0.309 e. The second-order valence-electron chi connectivity index (χ2n) is 13.9. The third kappa shape index (κ3) is 4.39. The van der Waals surface area contributed by atoms with Crippen LogP contribution in [0, 0.1) is 17.9 Å². The molecule has 0 aliphatic carbocycles. The number of benzene rings is 8. The van der Waals surface area contributed by atoms with Gasteiger partial charge < -0.3 is 13.7 Å². The fraction of sp³-hybridized carbons (Fsp3) is 0. The molecule has 0 aliphatic heterocycles. The number of hydrogen-bond acceptors (Lipinski definition) is 1. The van der Waals surface area contributed by atoms with Crippen LogP contribution in [0.5, 0.6) is 0 Å². The van der Waals surface area contributed by atoms with Crippen LogP contribution < -0.4 is 0 Å². The Morgan fingerprint density at radius 3 is 1.64 bits per heavy atom. The van der Waals surface area contributed by atoms with E-state index in [1.54, 1.807) is 0 Å². The lowest BCUT2D eigenvalue weighted by Crippen LogP contribution is -2.00. The Morgan fingerprint density at radius 1 is 0.418 bits per heavy atom. The van der Waals surface area contributed by atoms with Crippen molar-refractivity contribution >= 4 is 71.1 Å². The van der Waals surface area contributed by atoms with E-state index in [9.17, 15) is 5.26 Å². The van der Waals surface area contributed by atoms with Crippen molar-refractivity contribution in [2.45, 2.75) is 0 Å². The summed E-state index contributed by atoms with van der Waals surface area (Å²) in [6, 6.07) is 63.7. The largest absolute Gasteiger partial charge is 0.309 e. The standard InChI is InChI=1S/C50H29N5/c1-52-33-25-28-47-41(30-33)39-16-5-7-18-42(39)53(47)34-26-27-35(32(29-34)31-51)36-13-2-8-19-43(36)55-46-22-11-6-17-40(46)50-48(23-12-24-49(50)55)54-44-20-9-3-14-37(44)38-15-4-10-21-45(38)54/h2-30H. The molecule has 0 spiro atoms. The molecule has 0 amide bonds. The number of para-hydroxylation sites is 5. The zero-order chi connectivity index (χ0) is 36.6. The van der Waals surface area contributed by atoms with E-state index in [2.05, 4.69) is 158 Å². The van der Waals surface area contributed by atoms with Gasteiger partial charge in [-0.15, -0.1) is 0 Å². The molecule has 0 saturated heterocycles. The van der Waals surface area contributed by atoms with Gasteiger partial charge in [0.25, 0.3) is 0 Å². The van der Waals surface area contributed by atoms with Gasteiger partial charge in [0.1, 0.15) is 0 Å². The van der Waals surface area contributed by atoms with E-state index in [0.29, 0.717) is 11.3 Å². The first-order valence-electron chi connectivity index (χ1n) is 18.3. The summed E-state index contributed by atoms with van der Waals surface area (Å²) >= 11 is 0.